The summed E-state index contributed by atoms with van der Waals surface area (Å²) in [7, 11) is 1.39. The molecule has 1 N–H and O–H groups in total. The number of nitrogens with zero attached hydrogens (tertiary/aromatic N) is 1. The molecule has 0 atom stereocenters. The number of rotatable bonds is 6. The molecule has 0 bridgehead atoms. The van der Waals surface area contributed by atoms with Gasteiger partial charge < -0.3 is 10.1 Å². The summed E-state index contributed by atoms with van der Waals surface area (Å²) in [6.07, 6.45) is 0.847. The third kappa shape index (κ3) is 4.43. The molecule has 0 fully saturated rings. The number of esters is 1. The highest BCUT2D eigenvalue weighted by atomic mass is 32.1. The fraction of sp³-hybridized carbons (Fsp3) is 0.455. The molecule has 0 spiro atoms. The number of carbonyl (C=O) groups excluding carboxylic acids is 1. The molecule has 5 heteroatoms. The fourth-order valence-electron chi connectivity index (χ4n) is 1.18. The molecule has 1 aromatic heterocycles. The van der Waals surface area contributed by atoms with Crippen molar-refractivity contribution < 1.29 is 9.53 Å². The van der Waals surface area contributed by atoms with Crippen LogP contribution in [-0.2, 0) is 22.5 Å². The van der Waals surface area contributed by atoms with E-state index in [9.17, 15) is 4.79 Å². The Kier molecular flexibility index (Phi) is 5.54. The van der Waals surface area contributed by atoms with E-state index in [1.54, 1.807) is 11.3 Å². The van der Waals surface area contributed by atoms with E-state index < -0.39 is 0 Å². The standard InChI is InChI=1S/C11H14N2O2S/c1-15-11(14)7-9-3-4-10(16-9)8-13-6-2-5-12/h3-4,13H,2,6-8H2,1H3. The number of thiophene rings is 1. The molecule has 0 saturated carbocycles. The average molecular weight is 238 g/mol. The molecule has 0 saturated heterocycles. The second-order valence-corrected chi connectivity index (χ2v) is 4.46. The van der Waals surface area contributed by atoms with Crippen LogP contribution in [0.5, 0.6) is 0 Å². The van der Waals surface area contributed by atoms with Crippen molar-refractivity contribution in [1.29, 1.82) is 5.26 Å². The maximum absolute atomic E-state index is 11.0. The Morgan fingerprint density at radius 1 is 1.56 bits per heavy atom. The molecule has 1 rings (SSSR count). The summed E-state index contributed by atoms with van der Waals surface area (Å²) < 4.78 is 4.59. The van der Waals surface area contributed by atoms with Crippen LogP contribution in [0.4, 0.5) is 0 Å². The molecule has 0 aliphatic rings. The monoisotopic (exact) mass is 238 g/mol. The van der Waals surface area contributed by atoms with Crippen LogP contribution in [-0.4, -0.2) is 19.6 Å². The van der Waals surface area contributed by atoms with Gasteiger partial charge in [-0.1, -0.05) is 0 Å². The second kappa shape index (κ2) is 6.99. The lowest BCUT2D eigenvalue weighted by atomic mass is 10.3. The first kappa shape index (κ1) is 12.7. The van der Waals surface area contributed by atoms with E-state index in [1.807, 2.05) is 12.1 Å². The van der Waals surface area contributed by atoms with E-state index >= 15 is 0 Å². The Bertz CT molecular complexity index is 382. The average Bonchev–Trinajstić information content (AvgIpc) is 2.72. The zero-order valence-electron chi connectivity index (χ0n) is 9.16. The number of hydrogen-bond donors (Lipinski definition) is 1. The first-order valence-corrected chi connectivity index (χ1v) is 5.80. The van der Waals surface area contributed by atoms with Crippen molar-refractivity contribution in [3.63, 3.8) is 0 Å². The first-order valence-electron chi connectivity index (χ1n) is 4.98. The largest absolute Gasteiger partial charge is 0.469 e. The minimum atomic E-state index is -0.217. The number of nitrogens with one attached hydrogen (secondary N) is 1. The summed E-state index contributed by atoms with van der Waals surface area (Å²) in [5, 5.41) is 11.5. The summed E-state index contributed by atoms with van der Waals surface area (Å²) >= 11 is 1.59. The summed E-state index contributed by atoms with van der Waals surface area (Å²) in [6.45, 7) is 1.44. The minimum absolute atomic E-state index is 0.217. The van der Waals surface area contributed by atoms with Gasteiger partial charge in [-0.25, -0.2) is 0 Å². The molecule has 16 heavy (non-hydrogen) atoms. The van der Waals surface area contributed by atoms with Crippen molar-refractivity contribution in [3.8, 4) is 6.07 Å². The Labute approximate surface area is 98.8 Å². The maximum atomic E-state index is 11.0. The number of methoxy groups -OCH3 is 1. The number of hydrogen-bond acceptors (Lipinski definition) is 5. The summed E-state index contributed by atoms with van der Waals surface area (Å²) in [6, 6.07) is 5.99. The minimum Gasteiger partial charge on any atom is -0.469 e. The van der Waals surface area contributed by atoms with Gasteiger partial charge in [0.05, 0.1) is 19.6 Å². The Balaban J connectivity index is 2.34. The molecule has 0 aromatic carbocycles. The van der Waals surface area contributed by atoms with Crippen LogP contribution >= 0.6 is 11.3 Å². The predicted octanol–water partition coefficient (Wildman–Crippen LogP) is 1.47. The van der Waals surface area contributed by atoms with Crippen molar-refractivity contribution >= 4 is 17.3 Å². The highest BCUT2D eigenvalue weighted by Gasteiger charge is 2.05. The Morgan fingerprint density at radius 3 is 3.00 bits per heavy atom. The molecule has 0 radical (unpaired) electrons. The Morgan fingerprint density at radius 2 is 2.31 bits per heavy atom. The molecule has 1 aromatic rings. The molecule has 0 amide bonds. The van der Waals surface area contributed by atoms with Crippen LogP contribution in [0.25, 0.3) is 0 Å². The van der Waals surface area contributed by atoms with E-state index in [-0.39, 0.29) is 5.97 Å². The molecule has 86 valence electrons. The van der Waals surface area contributed by atoms with Crippen molar-refractivity contribution in [1.82, 2.24) is 5.32 Å². The van der Waals surface area contributed by atoms with Crippen molar-refractivity contribution in [2.24, 2.45) is 0 Å². The zero-order chi connectivity index (χ0) is 11.8. The normalized spacial score (nSPS) is 9.75. The van der Waals surface area contributed by atoms with Crippen LogP contribution in [0.1, 0.15) is 16.2 Å². The molecule has 0 aliphatic carbocycles. The third-order valence-electron chi connectivity index (χ3n) is 1.98. The maximum Gasteiger partial charge on any atom is 0.310 e. The van der Waals surface area contributed by atoms with Crippen molar-refractivity contribution in [2.45, 2.75) is 19.4 Å². The van der Waals surface area contributed by atoms with E-state index in [4.69, 9.17) is 5.26 Å². The first-order chi connectivity index (χ1) is 7.76. The number of ether oxygens (including phenoxy) is 1. The van der Waals surface area contributed by atoms with Crippen LogP contribution in [0.2, 0.25) is 0 Å². The summed E-state index contributed by atoms with van der Waals surface area (Å²) in [5.74, 6) is -0.217. The van der Waals surface area contributed by atoms with Crippen molar-refractivity contribution in [2.75, 3.05) is 13.7 Å². The van der Waals surface area contributed by atoms with Gasteiger partial charge in [-0.05, 0) is 12.1 Å². The lowest BCUT2D eigenvalue weighted by Crippen LogP contribution is -2.13. The molecule has 1 heterocycles. The van der Waals surface area contributed by atoms with Gasteiger partial charge in [0.15, 0.2) is 0 Å². The molecule has 4 nitrogen and oxygen atoms in total. The second-order valence-electron chi connectivity index (χ2n) is 3.21. The molecule has 0 unspecified atom stereocenters. The van der Waals surface area contributed by atoms with Crippen LogP contribution < -0.4 is 5.32 Å². The summed E-state index contributed by atoms with van der Waals surface area (Å²) in [4.78, 5) is 13.2. The fourth-order valence-corrected chi connectivity index (χ4v) is 2.16. The number of nitriles is 1. The van der Waals surface area contributed by atoms with Crippen LogP contribution in [0.15, 0.2) is 12.1 Å². The quantitative estimate of drug-likeness (QED) is 0.602. The third-order valence-corrected chi connectivity index (χ3v) is 3.06. The van der Waals surface area contributed by atoms with E-state index in [0.717, 1.165) is 16.3 Å². The predicted molar refractivity (Wildman–Crippen MR) is 62.0 cm³/mol. The van der Waals surface area contributed by atoms with Crippen molar-refractivity contribution in [3.05, 3.63) is 21.9 Å². The smallest absolute Gasteiger partial charge is 0.310 e. The van der Waals surface area contributed by atoms with Gasteiger partial charge in [0.2, 0.25) is 0 Å². The van der Waals surface area contributed by atoms with Gasteiger partial charge in [-0.2, -0.15) is 5.26 Å². The molecule has 0 aliphatic heterocycles. The van der Waals surface area contributed by atoms with Gasteiger partial charge in [-0.15, -0.1) is 11.3 Å². The van der Waals surface area contributed by atoms with E-state index in [1.165, 1.54) is 7.11 Å². The zero-order valence-corrected chi connectivity index (χ0v) is 9.97. The SMILES string of the molecule is COC(=O)Cc1ccc(CNCCC#N)s1. The van der Waals surface area contributed by atoms with Gasteiger partial charge in [0.1, 0.15) is 0 Å². The number of carbonyl (C=O) groups is 1. The molecular weight excluding hydrogens is 224 g/mol. The van der Waals surface area contributed by atoms with Gasteiger partial charge in [0.25, 0.3) is 0 Å². The lowest BCUT2D eigenvalue weighted by Gasteiger charge is -1.98. The summed E-state index contributed by atoms with van der Waals surface area (Å²) in [5.41, 5.74) is 0. The van der Waals surface area contributed by atoms with Gasteiger partial charge >= 0.3 is 5.97 Å². The lowest BCUT2D eigenvalue weighted by molar-refractivity contribution is -0.139. The van der Waals surface area contributed by atoms with E-state index in [2.05, 4.69) is 16.1 Å². The highest BCUT2D eigenvalue weighted by molar-refractivity contribution is 7.12. The van der Waals surface area contributed by atoms with Crippen LogP contribution in [0, 0.1) is 11.3 Å². The highest BCUT2D eigenvalue weighted by Crippen LogP contribution is 2.17. The van der Waals surface area contributed by atoms with Gasteiger partial charge in [0, 0.05) is 29.3 Å². The molecular formula is C11H14N2O2S. The van der Waals surface area contributed by atoms with Crippen LogP contribution in [0.3, 0.4) is 0 Å². The van der Waals surface area contributed by atoms with Gasteiger partial charge in [-0.3, -0.25) is 4.79 Å². The van der Waals surface area contributed by atoms with E-state index in [0.29, 0.717) is 19.4 Å². The topological polar surface area (TPSA) is 62.1 Å². The Hall–Kier alpha value is -1.38.